The molecular formula is C14H25N3O3S. The maximum Gasteiger partial charge on any atom is 0.246 e. The molecule has 0 spiro atoms. The van der Waals surface area contributed by atoms with Crippen LogP contribution in [-0.4, -0.2) is 58.5 Å². The Morgan fingerprint density at radius 1 is 1.19 bits per heavy atom. The van der Waals surface area contributed by atoms with Crippen LogP contribution >= 0.6 is 0 Å². The molecule has 0 saturated heterocycles. The number of likely N-dealkylation sites (N-methyl/N-ethyl adjacent to an activating group) is 1. The van der Waals surface area contributed by atoms with Gasteiger partial charge in [-0.25, -0.2) is 8.42 Å². The fourth-order valence-electron chi connectivity index (χ4n) is 1.95. The van der Waals surface area contributed by atoms with Gasteiger partial charge in [0.15, 0.2) is 0 Å². The first-order valence-corrected chi connectivity index (χ1v) is 8.35. The predicted molar refractivity (Wildman–Crippen MR) is 85.0 cm³/mol. The SMILES string of the molecule is CCCN(CCN(C)C)S(=O)(=O)c1ccc(N)cc1OC. The van der Waals surface area contributed by atoms with Gasteiger partial charge in [0.1, 0.15) is 10.6 Å². The van der Waals surface area contributed by atoms with Crippen molar-refractivity contribution < 1.29 is 13.2 Å². The summed E-state index contributed by atoms with van der Waals surface area (Å²) < 4.78 is 32.3. The minimum atomic E-state index is -3.59. The van der Waals surface area contributed by atoms with Gasteiger partial charge in [-0.15, -0.1) is 0 Å². The first kappa shape index (κ1) is 17.7. The number of sulfonamides is 1. The molecule has 0 aliphatic rings. The molecule has 0 unspecified atom stereocenters. The lowest BCUT2D eigenvalue weighted by atomic mass is 10.3. The molecule has 2 N–H and O–H groups in total. The normalized spacial score (nSPS) is 12.1. The highest BCUT2D eigenvalue weighted by Crippen LogP contribution is 2.28. The van der Waals surface area contributed by atoms with Crippen molar-refractivity contribution in [2.45, 2.75) is 18.2 Å². The van der Waals surface area contributed by atoms with Crippen LogP contribution in [0.5, 0.6) is 5.75 Å². The summed E-state index contributed by atoms with van der Waals surface area (Å²) in [5.74, 6) is 0.279. The number of nitrogens with zero attached hydrogens (tertiary/aromatic N) is 2. The zero-order valence-electron chi connectivity index (χ0n) is 13.2. The van der Waals surface area contributed by atoms with Gasteiger partial charge in [0.2, 0.25) is 10.0 Å². The Kier molecular flexibility index (Phi) is 6.44. The molecule has 1 aromatic carbocycles. The highest BCUT2D eigenvalue weighted by Gasteiger charge is 2.27. The number of benzene rings is 1. The van der Waals surface area contributed by atoms with Crippen molar-refractivity contribution in [2.24, 2.45) is 0 Å². The molecule has 0 aliphatic carbocycles. The van der Waals surface area contributed by atoms with E-state index in [-0.39, 0.29) is 10.6 Å². The second-order valence-corrected chi connectivity index (χ2v) is 7.02. The average molecular weight is 315 g/mol. The third-order valence-corrected chi connectivity index (χ3v) is 5.01. The van der Waals surface area contributed by atoms with E-state index in [1.54, 1.807) is 6.07 Å². The molecule has 21 heavy (non-hydrogen) atoms. The van der Waals surface area contributed by atoms with E-state index in [0.717, 1.165) is 6.42 Å². The number of methoxy groups -OCH3 is 1. The van der Waals surface area contributed by atoms with E-state index >= 15 is 0 Å². The summed E-state index contributed by atoms with van der Waals surface area (Å²) in [7, 11) is 1.68. The van der Waals surface area contributed by atoms with Crippen LogP contribution in [0, 0.1) is 0 Å². The lowest BCUT2D eigenvalue weighted by Crippen LogP contribution is -2.37. The van der Waals surface area contributed by atoms with Crippen molar-refractivity contribution in [1.29, 1.82) is 0 Å². The monoisotopic (exact) mass is 315 g/mol. The van der Waals surface area contributed by atoms with E-state index in [2.05, 4.69) is 0 Å². The van der Waals surface area contributed by atoms with Gasteiger partial charge in [-0.05, 0) is 32.6 Å². The van der Waals surface area contributed by atoms with Crippen molar-refractivity contribution in [3.8, 4) is 5.75 Å². The summed E-state index contributed by atoms with van der Waals surface area (Å²) in [5.41, 5.74) is 6.16. The molecule has 0 heterocycles. The third kappa shape index (κ3) is 4.59. The molecule has 0 amide bonds. The van der Waals surface area contributed by atoms with E-state index in [9.17, 15) is 8.42 Å². The highest BCUT2D eigenvalue weighted by atomic mass is 32.2. The number of nitrogens with two attached hydrogens (primary N) is 1. The number of hydrogen-bond acceptors (Lipinski definition) is 5. The number of nitrogen functional groups attached to an aromatic ring is 1. The Morgan fingerprint density at radius 3 is 2.38 bits per heavy atom. The van der Waals surface area contributed by atoms with E-state index in [0.29, 0.717) is 25.3 Å². The summed E-state index contributed by atoms with van der Waals surface area (Å²) in [5, 5.41) is 0. The van der Waals surface area contributed by atoms with Crippen LogP contribution in [0.4, 0.5) is 5.69 Å². The van der Waals surface area contributed by atoms with Crippen molar-refractivity contribution >= 4 is 15.7 Å². The van der Waals surface area contributed by atoms with Gasteiger partial charge < -0.3 is 15.4 Å². The standard InChI is InChI=1S/C14H25N3O3S/c1-5-8-17(10-9-16(2)3)21(18,19)14-7-6-12(15)11-13(14)20-4/h6-7,11H,5,8-10,15H2,1-4H3. The zero-order chi connectivity index (χ0) is 16.0. The lowest BCUT2D eigenvalue weighted by Gasteiger charge is -2.24. The van der Waals surface area contributed by atoms with E-state index in [1.807, 2.05) is 25.9 Å². The number of ether oxygens (including phenoxy) is 1. The summed E-state index contributed by atoms with van der Waals surface area (Å²) in [6.45, 7) is 3.54. The highest BCUT2D eigenvalue weighted by molar-refractivity contribution is 7.89. The first-order chi connectivity index (χ1) is 9.82. The Morgan fingerprint density at radius 2 is 1.86 bits per heavy atom. The fourth-order valence-corrected chi connectivity index (χ4v) is 3.61. The van der Waals surface area contributed by atoms with Crippen molar-refractivity contribution in [3.63, 3.8) is 0 Å². The van der Waals surface area contributed by atoms with Crippen LogP contribution in [0.1, 0.15) is 13.3 Å². The molecule has 0 radical (unpaired) electrons. The fraction of sp³-hybridized carbons (Fsp3) is 0.571. The summed E-state index contributed by atoms with van der Waals surface area (Å²) in [6.07, 6.45) is 0.754. The molecular weight excluding hydrogens is 290 g/mol. The maximum atomic E-state index is 12.8. The molecule has 120 valence electrons. The van der Waals surface area contributed by atoms with Crippen LogP contribution in [0.2, 0.25) is 0 Å². The van der Waals surface area contributed by atoms with Crippen LogP contribution < -0.4 is 10.5 Å². The Balaban J connectivity index is 3.16. The molecule has 0 fully saturated rings. The van der Waals surface area contributed by atoms with Crippen LogP contribution in [-0.2, 0) is 10.0 Å². The summed E-state index contributed by atoms with van der Waals surface area (Å²) in [4.78, 5) is 2.12. The smallest absolute Gasteiger partial charge is 0.246 e. The van der Waals surface area contributed by atoms with Gasteiger partial charge in [-0.1, -0.05) is 6.92 Å². The molecule has 0 aromatic heterocycles. The molecule has 0 atom stereocenters. The minimum Gasteiger partial charge on any atom is -0.495 e. The second kappa shape index (κ2) is 7.63. The molecule has 0 aliphatic heterocycles. The largest absolute Gasteiger partial charge is 0.495 e. The molecule has 6 nitrogen and oxygen atoms in total. The van der Waals surface area contributed by atoms with Crippen molar-refractivity contribution in [2.75, 3.05) is 46.6 Å². The van der Waals surface area contributed by atoms with Gasteiger partial charge in [0.05, 0.1) is 7.11 Å². The molecule has 1 rings (SSSR count). The Bertz CT molecular complexity index is 559. The summed E-state index contributed by atoms with van der Waals surface area (Å²) >= 11 is 0. The average Bonchev–Trinajstić information content (AvgIpc) is 2.42. The number of rotatable bonds is 8. The zero-order valence-corrected chi connectivity index (χ0v) is 14.0. The number of anilines is 1. The van der Waals surface area contributed by atoms with E-state index in [4.69, 9.17) is 10.5 Å². The van der Waals surface area contributed by atoms with Gasteiger partial charge in [-0.2, -0.15) is 4.31 Å². The molecule has 7 heteroatoms. The third-order valence-electron chi connectivity index (χ3n) is 3.08. The topological polar surface area (TPSA) is 75.9 Å². The Labute approximate surface area is 127 Å². The maximum absolute atomic E-state index is 12.8. The van der Waals surface area contributed by atoms with Gasteiger partial charge in [-0.3, -0.25) is 0 Å². The van der Waals surface area contributed by atoms with Crippen molar-refractivity contribution in [3.05, 3.63) is 18.2 Å². The van der Waals surface area contributed by atoms with Crippen LogP contribution in [0.15, 0.2) is 23.1 Å². The van der Waals surface area contributed by atoms with E-state index in [1.165, 1.54) is 23.5 Å². The quantitative estimate of drug-likeness (QED) is 0.731. The number of hydrogen-bond donors (Lipinski definition) is 1. The predicted octanol–water partition coefficient (Wildman–Crippen LogP) is 1.24. The molecule has 1 aromatic rings. The summed E-state index contributed by atoms with van der Waals surface area (Å²) in [6, 6.07) is 4.61. The lowest BCUT2D eigenvalue weighted by molar-refractivity contribution is 0.331. The van der Waals surface area contributed by atoms with Gasteiger partial charge in [0.25, 0.3) is 0 Å². The Hall–Kier alpha value is -1.31. The van der Waals surface area contributed by atoms with Crippen LogP contribution in [0.25, 0.3) is 0 Å². The van der Waals surface area contributed by atoms with Gasteiger partial charge in [0, 0.05) is 31.4 Å². The molecule has 0 saturated carbocycles. The van der Waals surface area contributed by atoms with Crippen LogP contribution in [0.3, 0.4) is 0 Å². The van der Waals surface area contributed by atoms with E-state index < -0.39 is 10.0 Å². The second-order valence-electron chi connectivity index (χ2n) is 5.12. The first-order valence-electron chi connectivity index (χ1n) is 6.91. The van der Waals surface area contributed by atoms with Crippen molar-refractivity contribution in [1.82, 2.24) is 9.21 Å². The molecule has 0 bridgehead atoms. The van der Waals surface area contributed by atoms with Gasteiger partial charge >= 0.3 is 0 Å². The minimum absolute atomic E-state index is 0.159.